The Morgan fingerprint density at radius 1 is 1.31 bits per heavy atom. The largest absolute Gasteiger partial charge is 0.469 e. The van der Waals surface area contributed by atoms with E-state index in [2.05, 4.69) is 4.74 Å². The molecule has 0 aromatic heterocycles. The number of nitrogens with zero attached hydrogens (tertiary/aromatic N) is 1. The van der Waals surface area contributed by atoms with Gasteiger partial charge in [-0.2, -0.15) is 0 Å². The fourth-order valence-corrected chi connectivity index (χ4v) is 1.85. The Hall–Kier alpha value is -1.10. The third-order valence-electron chi connectivity index (χ3n) is 2.87. The highest BCUT2D eigenvalue weighted by Crippen LogP contribution is 2.11. The number of esters is 1. The molecule has 0 bridgehead atoms. The van der Waals surface area contributed by atoms with E-state index in [-0.39, 0.29) is 18.3 Å². The topological polar surface area (TPSA) is 72.6 Å². The molecule has 0 aromatic rings. The first-order valence-corrected chi connectivity index (χ1v) is 5.76. The lowest BCUT2D eigenvalue weighted by Gasteiger charge is -2.29. The highest BCUT2D eigenvalue weighted by Gasteiger charge is 2.22. The maximum absolute atomic E-state index is 11.8. The summed E-state index contributed by atoms with van der Waals surface area (Å²) in [6.07, 6.45) is 3.85. The smallest absolute Gasteiger partial charge is 0.305 e. The van der Waals surface area contributed by atoms with Crippen LogP contribution in [0, 0.1) is 0 Å². The zero-order valence-corrected chi connectivity index (χ0v) is 9.78. The van der Waals surface area contributed by atoms with Crippen LogP contribution in [0.15, 0.2) is 0 Å². The Morgan fingerprint density at radius 2 is 1.94 bits per heavy atom. The van der Waals surface area contributed by atoms with Crippen molar-refractivity contribution in [2.75, 3.05) is 20.2 Å². The Morgan fingerprint density at radius 3 is 2.50 bits per heavy atom. The molecule has 0 radical (unpaired) electrons. The van der Waals surface area contributed by atoms with Gasteiger partial charge in [-0.25, -0.2) is 0 Å². The summed E-state index contributed by atoms with van der Waals surface area (Å²) in [5.41, 5.74) is 5.75. The highest BCUT2D eigenvalue weighted by atomic mass is 16.5. The van der Waals surface area contributed by atoms with Gasteiger partial charge in [-0.05, 0) is 25.7 Å². The van der Waals surface area contributed by atoms with Crippen LogP contribution in [0.2, 0.25) is 0 Å². The van der Waals surface area contributed by atoms with Crippen molar-refractivity contribution >= 4 is 11.9 Å². The molecule has 0 saturated carbocycles. The number of ether oxygens (including phenoxy) is 1. The third kappa shape index (κ3) is 3.81. The molecule has 0 aromatic carbocycles. The van der Waals surface area contributed by atoms with Crippen LogP contribution in [0.1, 0.15) is 32.1 Å². The molecule has 1 saturated heterocycles. The minimum absolute atomic E-state index is 0.0383. The molecule has 5 heteroatoms. The summed E-state index contributed by atoms with van der Waals surface area (Å²) in [5, 5.41) is 0. The van der Waals surface area contributed by atoms with Gasteiger partial charge in [0.1, 0.15) is 0 Å². The zero-order chi connectivity index (χ0) is 12.0. The Labute approximate surface area is 95.9 Å². The summed E-state index contributed by atoms with van der Waals surface area (Å²) in [4.78, 5) is 24.6. The summed E-state index contributed by atoms with van der Waals surface area (Å²) >= 11 is 0. The van der Waals surface area contributed by atoms with E-state index in [1.165, 1.54) is 13.5 Å². The quantitative estimate of drug-likeness (QED) is 0.701. The van der Waals surface area contributed by atoms with E-state index in [1.807, 2.05) is 0 Å². The Balaban J connectivity index is 2.31. The second kappa shape index (κ2) is 6.48. The number of rotatable bonds is 4. The molecular formula is C11H20N2O3. The number of hydrogen-bond donors (Lipinski definition) is 1. The number of carbonyl (C=O) groups is 2. The minimum Gasteiger partial charge on any atom is -0.469 e. The molecule has 16 heavy (non-hydrogen) atoms. The van der Waals surface area contributed by atoms with Crippen LogP contribution in [-0.4, -0.2) is 43.0 Å². The van der Waals surface area contributed by atoms with Crippen molar-refractivity contribution in [3.05, 3.63) is 0 Å². The van der Waals surface area contributed by atoms with Crippen LogP contribution in [0.25, 0.3) is 0 Å². The lowest BCUT2D eigenvalue weighted by molar-refractivity contribution is -0.141. The summed E-state index contributed by atoms with van der Waals surface area (Å²) in [5.74, 6) is -0.356. The van der Waals surface area contributed by atoms with Crippen molar-refractivity contribution in [2.24, 2.45) is 5.73 Å². The van der Waals surface area contributed by atoms with E-state index in [0.717, 1.165) is 25.9 Å². The van der Waals surface area contributed by atoms with Crippen molar-refractivity contribution in [3.63, 3.8) is 0 Å². The lowest BCUT2D eigenvalue weighted by atomic mass is 10.1. The van der Waals surface area contributed by atoms with E-state index < -0.39 is 6.04 Å². The first-order chi connectivity index (χ1) is 7.65. The van der Waals surface area contributed by atoms with Gasteiger partial charge in [0.25, 0.3) is 0 Å². The standard InChI is InChI=1S/C11H20N2O3/c1-16-10(14)6-5-9(12)11(15)13-7-3-2-4-8-13/h9H,2-8,12H2,1H3/t9-/m0/s1. The molecule has 5 nitrogen and oxygen atoms in total. The third-order valence-corrected chi connectivity index (χ3v) is 2.87. The molecular weight excluding hydrogens is 208 g/mol. The molecule has 1 amide bonds. The molecule has 1 aliphatic rings. The fourth-order valence-electron chi connectivity index (χ4n) is 1.85. The van der Waals surface area contributed by atoms with Gasteiger partial charge in [-0.1, -0.05) is 0 Å². The van der Waals surface area contributed by atoms with E-state index in [1.54, 1.807) is 4.90 Å². The normalized spacial score (nSPS) is 18.0. The summed E-state index contributed by atoms with van der Waals surface area (Å²) < 4.78 is 4.51. The molecule has 1 heterocycles. The van der Waals surface area contributed by atoms with E-state index in [9.17, 15) is 9.59 Å². The number of amides is 1. The van der Waals surface area contributed by atoms with Crippen LogP contribution < -0.4 is 5.73 Å². The van der Waals surface area contributed by atoms with Gasteiger partial charge in [0, 0.05) is 19.5 Å². The van der Waals surface area contributed by atoms with Gasteiger partial charge in [0.15, 0.2) is 0 Å². The lowest BCUT2D eigenvalue weighted by Crippen LogP contribution is -2.46. The molecule has 1 aliphatic heterocycles. The van der Waals surface area contributed by atoms with Crippen LogP contribution in [0.4, 0.5) is 0 Å². The summed E-state index contributed by atoms with van der Waals surface area (Å²) in [6, 6.07) is -0.572. The first kappa shape index (κ1) is 13.0. The molecule has 0 aliphatic carbocycles. The fraction of sp³-hybridized carbons (Fsp3) is 0.818. The van der Waals surface area contributed by atoms with Gasteiger partial charge in [0.2, 0.25) is 5.91 Å². The number of methoxy groups -OCH3 is 1. The van der Waals surface area contributed by atoms with Crippen molar-refractivity contribution in [1.82, 2.24) is 4.90 Å². The van der Waals surface area contributed by atoms with Crippen molar-refractivity contribution in [3.8, 4) is 0 Å². The molecule has 0 unspecified atom stereocenters. The minimum atomic E-state index is -0.572. The van der Waals surface area contributed by atoms with Crippen molar-refractivity contribution in [2.45, 2.75) is 38.1 Å². The zero-order valence-electron chi connectivity index (χ0n) is 9.78. The highest BCUT2D eigenvalue weighted by molar-refractivity contribution is 5.82. The SMILES string of the molecule is COC(=O)CC[C@H](N)C(=O)N1CCCCC1. The average Bonchev–Trinajstić information content (AvgIpc) is 2.35. The number of piperidine rings is 1. The van der Waals surface area contributed by atoms with Crippen LogP contribution in [0.3, 0.4) is 0 Å². The van der Waals surface area contributed by atoms with Gasteiger partial charge < -0.3 is 15.4 Å². The second-order valence-corrected chi connectivity index (χ2v) is 4.11. The van der Waals surface area contributed by atoms with Crippen LogP contribution in [-0.2, 0) is 14.3 Å². The van der Waals surface area contributed by atoms with Gasteiger partial charge in [-0.3, -0.25) is 9.59 Å². The van der Waals surface area contributed by atoms with E-state index in [4.69, 9.17) is 5.73 Å². The number of likely N-dealkylation sites (tertiary alicyclic amines) is 1. The number of carbonyl (C=O) groups excluding carboxylic acids is 2. The molecule has 2 N–H and O–H groups in total. The summed E-state index contributed by atoms with van der Waals surface area (Å²) in [6.45, 7) is 1.59. The van der Waals surface area contributed by atoms with Crippen molar-refractivity contribution in [1.29, 1.82) is 0 Å². The molecule has 0 spiro atoms. The molecule has 1 fully saturated rings. The number of hydrogen-bond acceptors (Lipinski definition) is 4. The predicted molar refractivity (Wildman–Crippen MR) is 59.7 cm³/mol. The summed E-state index contributed by atoms with van der Waals surface area (Å²) in [7, 11) is 1.33. The average molecular weight is 228 g/mol. The monoisotopic (exact) mass is 228 g/mol. The van der Waals surface area contributed by atoms with E-state index in [0.29, 0.717) is 6.42 Å². The van der Waals surface area contributed by atoms with Crippen LogP contribution in [0.5, 0.6) is 0 Å². The van der Waals surface area contributed by atoms with Gasteiger partial charge >= 0.3 is 5.97 Å². The van der Waals surface area contributed by atoms with Crippen LogP contribution >= 0.6 is 0 Å². The first-order valence-electron chi connectivity index (χ1n) is 5.76. The van der Waals surface area contributed by atoms with Gasteiger partial charge in [0.05, 0.1) is 13.2 Å². The molecule has 92 valence electrons. The predicted octanol–water partition coefficient (Wildman–Crippen LogP) is 0.279. The second-order valence-electron chi connectivity index (χ2n) is 4.11. The molecule has 1 rings (SSSR count). The molecule has 1 atom stereocenters. The van der Waals surface area contributed by atoms with Gasteiger partial charge in [-0.15, -0.1) is 0 Å². The maximum atomic E-state index is 11.8. The number of nitrogens with two attached hydrogens (primary N) is 1. The van der Waals surface area contributed by atoms with Crippen molar-refractivity contribution < 1.29 is 14.3 Å². The Kier molecular flexibility index (Phi) is 5.25. The van der Waals surface area contributed by atoms with E-state index >= 15 is 0 Å². The Bertz CT molecular complexity index is 250. The maximum Gasteiger partial charge on any atom is 0.305 e.